The van der Waals surface area contributed by atoms with Crippen molar-refractivity contribution >= 4 is 11.6 Å². The normalized spacial score (nSPS) is 13.3. The summed E-state index contributed by atoms with van der Waals surface area (Å²) in [6, 6.07) is 7.52. The second-order valence-corrected chi connectivity index (χ2v) is 6.30. The van der Waals surface area contributed by atoms with Crippen LogP contribution in [0.15, 0.2) is 24.3 Å². The van der Waals surface area contributed by atoms with Crippen molar-refractivity contribution in [1.29, 1.82) is 0 Å². The van der Waals surface area contributed by atoms with Gasteiger partial charge in [-0.2, -0.15) is 0 Å². The third-order valence-corrected chi connectivity index (χ3v) is 4.08. The summed E-state index contributed by atoms with van der Waals surface area (Å²) < 4.78 is 11.4. The highest BCUT2D eigenvalue weighted by atomic mass is 16.5. The SMILES string of the molecule is CCCCC[C@](C)(OCC)C(=O)Nc1ccc(OCCCC)cc1. The van der Waals surface area contributed by atoms with Gasteiger partial charge in [0.15, 0.2) is 0 Å². The molecule has 0 bridgehead atoms. The Bertz CT molecular complexity index is 472. The second-order valence-electron chi connectivity index (χ2n) is 6.30. The first-order chi connectivity index (χ1) is 11.6. The van der Waals surface area contributed by atoms with E-state index in [0.29, 0.717) is 6.61 Å². The van der Waals surface area contributed by atoms with Crippen molar-refractivity contribution in [3.8, 4) is 5.75 Å². The number of benzene rings is 1. The maximum absolute atomic E-state index is 12.6. The van der Waals surface area contributed by atoms with Gasteiger partial charge in [-0.3, -0.25) is 4.79 Å². The van der Waals surface area contributed by atoms with Gasteiger partial charge in [0.05, 0.1) is 6.61 Å². The van der Waals surface area contributed by atoms with Crippen LogP contribution < -0.4 is 10.1 Å². The van der Waals surface area contributed by atoms with Gasteiger partial charge in [-0.15, -0.1) is 0 Å². The molecule has 0 fully saturated rings. The Morgan fingerprint density at radius 3 is 2.29 bits per heavy atom. The van der Waals surface area contributed by atoms with Crippen LogP contribution in [0.3, 0.4) is 0 Å². The Morgan fingerprint density at radius 2 is 1.71 bits per heavy atom. The summed E-state index contributed by atoms with van der Waals surface area (Å²) in [5, 5.41) is 2.97. The third-order valence-electron chi connectivity index (χ3n) is 4.08. The zero-order valence-corrected chi connectivity index (χ0v) is 15.7. The molecule has 0 radical (unpaired) electrons. The van der Waals surface area contributed by atoms with Gasteiger partial charge < -0.3 is 14.8 Å². The van der Waals surface area contributed by atoms with Gasteiger partial charge in [-0.05, 0) is 51.0 Å². The van der Waals surface area contributed by atoms with Crippen LogP contribution in [0.2, 0.25) is 0 Å². The van der Waals surface area contributed by atoms with Crippen LogP contribution in [0.4, 0.5) is 5.69 Å². The van der Waals surface area contributed by atoms with Gasteiger partial charge in [0, 0.05) is 12.3 Å². The molecule has 1 aromatic rings. The monoisotopic (exact) mass is 335 g/mol. The molecule has 0 aliphatic rings. The van der Waals surface area contributed by atoms with Gasteiger partial charge in [-0.25, -0.2) is 0 Å². The summed E-state index contributed by atoms with van der Waals surface area (Å²) >= 11 is 0. The first kappa shape index (κ1) is 20.5. The number of carbonyl (C=O) groups is 1. The van der Waals surface area contributed by atoms with Crippen molar-refractivity contribution in [2.75, 3.05) is 18.5 Å². The number of unbranched alkanes of at least 4 members (excludes halogenated alkanes) is 3. The number of hydrogen-bond donors (Lipinski definition) is 1. The molecule has 0 unspecified atom stereocenters. The van der Waals surface area contributed by atoms with E-state index >= 15 is 0 Å². The largest absolute Gasteiger partial charge is 0.494 e. The molecule has 0 saturated heterocycles. The van der Waals surface area contributed by atoms with Crippen LogP contribution in [-0.2, 0) is 9.53 Å². The summed E-state index contributed by atoms with van der Waals surface area (Å²) in [5.74, 6) is 0.747. The van der Waals surface area contributed by atoms with E-state index in [1.54, 1.807) is 0 Å². The molecule has 136 valence electrons. The van der Waals surface area contributed by atoms with Crippen molar-refractivity contribution in [2.24, 2.45) is 0 Å². The fraction of sp³-hybridized carbons (Fsp3) is 0.650. The first-order valence-corrected chi connectivity index (χ1v) is 9.24. The minimum atomic E-state index is -0.778. The van der Waals surface area contributed by atoms with E-state index in [4.69, 9.17) is 9.47 Å². The Morgan fingerprint density at radius 1 is 1.04 bits per heavy atom. The van der Waals surface area contributed by atoms with Gasteiger partial charge in [0.2, 0.25) is 0 Å². The molecule has 0 aliphatic heterocycles. The minimum absolute atomic E-state index is 0.0832. The molecule has 1 atom stereocenters. The predicted molar refractivity (Wildman–Crippen MR) is 99.6 cm³/mol. The topological polar surface area (TPSA) is 47.6 Å². The molecule has 1 rings (SSSR count). The Kier molecular flexibility index (Phi) is 9.46. The zero-order chi connectivity index (χ0) is 17.8. The van der Waals surface area contributed by atoms with Crippen LogP contribution in [-0.4, -0.2) is 24.7 Å². The smallest absolute Gasteiger partial charge is 0.256 e. The van der Waals surface area contributed by atoms with Crippen molar-refractivity contribution in [1.82, 2.24) is 0 Å². The van der Waals surface area contributed by atoms with Gasteiger partial charge in [0.1, 0.15) is 11.4 Å². The van der Waals surface area contributed by atoms with Crippen molar-refractivity contribution in [3.05, 3.63) is 24.3 Å². The maximum Gasteiger partial charge on any atom is 0.256 e. The van der Waals surface area contributed by atoms with E-state index < -0.39 is 5.60 Å². The summed E-state index contributed by atoms with van der Waals surface area (Å²) in [6.07, 6.45) is 6.12. The maximum atomic E-state index is 12.6. The molecule has 0 saturated carbocycles. The number of ether oxygens (including phenoxy) is 2. The fourth-order valence-electron chi connectivity index (χ4n) is 2.51. The lowest BCUT2D eigenvalue weighted by atomic mass is 9.96. The highest BCUT2D eigenvalue weighted by Gasteiger charge is 2.33. The highest BCUT2D eigenvalue weighted by molar-refractivity contribution is 5.97. The van der Waals surface area contributed by atoms with Crippen molar-refractivity contribution < 1.29 is 14.3 Å². The molecule has 0 spiro atoms. The summed E-state index contributed by atoms with van der Waals surface area (Å²) in [4.78, 5) is 12.6. The number of hydrogen-bond acceptors (Lipinski definition) is 3. The van der Waals surface area contributed by atoms with E-state index in [-0.39, 0.29) is 5.91 Å². The molecular weight excluding hydrogens is 302 g/mol. The lowest BCUT2D eigenvalue weighted by Crippen LogP contribution is -2.42. The molecule has 0 aliphatic carbocycles. The Hall–Kier alpha value is -1.55. The Balaban J connectivity index is 2.62. The quantitative estimate of drug-likeness (QED) is 0.535. The van der Waals surface area contributed by atoms with Crippen LogP contribution in [0, 0.1) is 0 Å². The summed E-state index contributed by atoms with van der Waals surface area (Å²) in [7, 11) is 0. The molecule has 4 heteroatoms. The van der Waals surface area contributed by atoms with E-state index in [2.05, 4.69) is 19.2 Å². The molecule has 0 heterocycles. The van der Waals surface area contributed by atoms with E-state index in [1.807, 2.05) is 38.1 Å². The molecular formula is C20H33NO3. The molecule has 1 amide bonds. The molecule has 0 aromatic heterocycles. The lowest BCUT2D eigenvalue weighted by molar-refractivity contribution is -0.139. The summed E-state index contributed by atoms with van der Waals surface area (Å²) in [6.45, 7) is 9.35. The third kappa shape index (κ3) is 6.91. The van der Waals surface area contributed by atoms with E-state index in [0.717, 1.165) is 56.6 Å². The van der Waals surface area contributed by atoms with Crippen molar-refractivity contribution in [3.63, 3.8) is 0 Å². The van der Waals surface area contributed by atoms with Crippen molar-refractivity contribution in [2.45, 2.75) is 71.8 Å². The fourth-order valence-corrected chi connectivity index (χ4v) is 2.51. The van der Waals surface area contributed by atoms with E-state index in [9.17, 15) is 4.79 Å². The Labute approximate surface area is 146 Å². The average Bonchev–Trinajstić information content (AvgIpc) is 2.57. The lowest BCUT2D eigenvalue weighted by Gasteiger charge is -2.28. The van der Waals surface area contributed by atoms with Gasteiger partial charge in [-0.1, -0.05) is 39.5 Å². The minimum Gasteiger partial charge on any atom is -0.494 e. The molecule has 1 N–H and O–H groups in total. The first-order valence-electron chi connectivity index (χ1n) is 9.24. The highest BCUT2D eigenvalue weighted by Crippen LogP contribution is 2.23. The predicted octanol–water partition coefficient (Wildman–Crippen LogP) is 5.18. The number of anilines is 1. The number of carbonyl (C=O) groups excluding carboxylic acids is 1. The number of nitrogens with one attached hydrogen (secondary N) is 1. The van der Waals surface area contributed by atoms with Gasteiger partial charge in [0.25, 0.3) is 5.91 Å². The standard InChI is InChI=1S/C20H33NO3/c1-5-8-10-15-20(4,24-7-3)19(22)21-17-11-13-18(14-12-17)23-16-9-6-2/h11-14H,5-10,15-16H2,1-4H3,(H,21,22)/t20-/m0/s1. The summed E-state index contributed by atoms with van der Waals surface area (Å²) in [5.41, 5.74) is -0.00973. The number of amides is 1. The van der Waals surface area contributed by atoms with Crippen LogP contribution in [0.5, 0.6) is 5.75 Å². The van der Waals surface area contributed by atoms with Crippen LogP contribution in [0.1, 0.15) is 66.2 Å². The number of rotatable bonds is 12. The van der Waals surface area contributed by atoms with Gasteiger partial charge >= 0.3 is 0 Å². The van der Waals surface area contributed by atoms with E-state index in [1.165, 1.54) is 0 Å². The molecule has 4 nitrogen and oxygen atoms in total. The van der Waals surface area contributed by atoms with Crippen LogP contribution >= 0.6 is 0 Å². The van der Waals surface area contributed by atoms with Crippen LogP contribution in [0.25, 0.3) is 0 Å². The average molecular weight is 335 g/mol. The molecule has 1 aromatic carbocycles. The molecule has 24 heavy (non-hydrogen) atoms. The zero-order valence-electron chi connectivity index (χ0n) is 15.7. The second kappa shape index (κ2) is 11.1.